The molecule has 4 heteroatoms. The van der Waals surface area contributed by atoms with Gasteiger partial charge in [0.25, 0.3) is 5.97 Å². The van der Waals surface area contributed by atoms with E-state index >= 15 is 0 Å². The van der Waals surface area contributed by atoms with Gasteiger partial charge in [0.2, 0.25) is 0 Å². The number of carboxylic acid groups (broad SMARTS) is 1. The summed E-state index contributed by atoms with van der Waals surface area (Å²) in [6.07, 6.45) is 0. The van der Waals surface area contributed by atoms with Crippen molar-refractivity contribution in [2.75, 3.05) is 7.11 Å². The van der Waals surface area contributed by atoms with Crippen molar-refractivity contribution in [2.24, 2.45) is 0 Å². The number of hydrogen-bond acceptors (Lipinski definition) is 3. The van der Waals surface area contributed by atoms with E-state index < -0.39 is 5.97 Å². The molecular formula is C12H18O4. The van der Waals surface area contributed by atoms with Crippen LogP contribution in [-0.4, -0.2) is 23.3 Å². The van der Waals surface area contributed by atoms with E-state index in [-0.39, 0.29) is 6.61 Å². The van der Waals surface area contributed by atoms with Crippen molar-refractivity contribution in [2.45, 2.75) is 27.4 Å². The lowest BCUT2D eigenvalue weighted by molar-refractivity contribution is -0.134. The summed E-state index contributed by atoms with van der Waals surface area (Å²) < 4.78 is 5.09. The third-order valence-electron chi connectivity index (χ3n) is 2.06. The van der Waals surface area contributed by atoms with Crippen LogP contribution in [0.1, 0.15) is 23.6 Å². The third kappa shape index (κ3) is 4.79. The number of aryl methyl sites for hydroxylation is 2. The Morgan fingerprint density at radius 3 is 1.94 bits per heavy atom. The molecule has 0 saturated carbocycles. The highest BCUT2D eigenvalue weighted by molar-refractivity contribution is 5.62. The largest absolute Gasteiger partial charge is 0.497 e. The summed E-state index contributed by atoms with van der Waals surface area (Å²) in [5.74, 6) is 0.0159. The van der Waals surface area contributed by atoms with Gasteiger partial charge in [0.15, 0.2) is 0 Å². The number of ether oxygens (including phenoxy) is 1. The highest BCUT2D eigenvalue weighted by Gasteiger charge is 2.03. The van der Waals surface area contributed by atoms with Gasteiger partial charge in [0.1, 0.15) is 5.75 Å². The van der Waals surface area contributed by atoms with Crippen LogP contribution in [0.25, 0.3) is 0 Å². The van der Waals surface area contributed by atoms with E-state index in [9.17, 15) is 0 Å². The maximum atomic E-state index is 9.02. The van der Waals surface area contributed by atoms with Gasteiger partial charge >= 0.3 is 0 Å². The van der Waals surface area contributed by atoms with Gasteiger partial charge in [-0.05, 0) is 42.7 Å². The molecule has 0 heterocycles. The summed E-state index contributed by atoms with van der Waals surface area (Å²) in [6.45, 7) is 5.13. The molecule has 1 aromatic carbocycles. The Bertz CT molecular complexity index is 331. The highest BCUT2D eigenvalue weighted by atomic mass is 16.5. The second-order valence-corrected chi connectivity index (χ2v) is 3.42. The Hall–Kier alpha value is -1.55. The minimum absolute atomic E-state index is 0.0989. The smallest absolute Gasteiger partial charge is 0.300 e. The topological polar surface area (TPSA) is 66.8 Å². The third-order valence-corrected chi connectivity index (χ3v) is 2.06. The van der Waals surface area contributed by atoms with Crippen LogP contribution in [0.5, 0.6) is 5.75 Å². The number of hydrogen-bond donors (Lipinski definition) is 2. The normalized spacial score (nSPS) is 9.06. The van der Waals surface area contributed by atoms with Crippen LogP contribution in [0.2, 0.25) is 0 Å². The lowest BCUT2D eigenvalue weighted by Gasteiger charge is -2.09. The van der Waals surface area contributed by atoms with Gasteiger partial charge in [0, 0.05) is 6.92 Å². The van der Waals surface area contributed by atoms with Crippen LogP contribution < -0.4 is 4.74 Å². The molecule has 1 aromatic rings. The predicted octanol–water partition coefficient (Wildman–Crippen LogP) is 1.90. The number of aliphatic hydroxyl groups excluding tert-OH is 1. The Labute approximate surface area is 95.5 Å². The van der Waals surface area contributed by atoms with E-state index in [0.29, 0.717) is 0 Å². The number of benzene rings is 1. The van der Waals surface area contributed by atoms with Gasteiger partial charge in [-0.3, -0.25) is 4.79 Å². The zero-order valence-corrected chi connectivity index (χ0v) is 10.1. The monoisotopic (exact) mass is 226 g/mol. The SMILES string of the molecule is CC(=O)O.COc1cc(C)c(CO)c(C)c1. The summed E-state index contributed by atoms with van der Waals surface area (Å²) in [4.78, 5) is 9.00. The highest BCUT2D eigenvalue weighted by Crippen LogP contribution is 2.21. The van der Waals surface area contributed by atoms with Crippen molar-refractivity contribution in [3.63, 3.8) is 0 Å². The van der Waals surface area contributed by atoms with Crippen molar-refractivity contribution in [1.82, 2.24) is 0 Å². The van der Waals surface area contributed by atoms with Crippen LogP contribution in [-0.2, 0) is 11.4 Å². The first-order valence-electron chi connectivity index (χ1n) is 4.86. The molecule has 1 rings (SSSR count). The van der Waals surface area contributed by atoms with E-state index in [4.69, 9.17) is 19.7 Å². The van der Waals surface area contributed by atoms with Crippen molar-refractivity contribution in [3.05, 3.63) is 28.8 Å². The molecule has 0 unspecified atom stereocenters. The Kier molecular flexibility index (Phi) is 6.18. The Morgan fingerprint density at radius 1 is 1.31 bits per heavy atom. The van der Waals surface area contributed by atoms with E-state index in [2.05, 4.69) is 0 Å². The number of rotatable bonds is 2. The maximum absolute atomic E-state index is 9.02. The molecule has 0 amide bonds. The van der Waals surface area contributed by atoms with Crippen molar-refractivity contribution in [1.29, 1.82) is 0 Å². The first-order valence-corrected chi connectivity index (χ1v) is 4.86. The fourth-order valence-electron chi connectivity index (χ4n) is 1.32. The quantitative estimate of drug-likeness (QED) is 0.808. The van der Waals surface area contributed by atoms with Gasteiger partial charge < -0.3 is 14.9 Å². The Balaban J connectivity index is 0.000000487. The fraction of sp³-hybridized carbons (Fsp3) is 0.417. The summed E-state index contributed by atoms with van der Waals surface area (Å²) in [5, 5.41) is 16.4. The fourth-order valence-corrected chi connectivity index (χ4v) is 1.32. The zero-order valence-electron chi connectivity index (χ0n) is 10.1. The number of aliphatic hydroxyl groups is 1. The molecule has 0 spiro atoms. The van der Waals surface area contributed by atoms with Crippen LogP contribution in [0, 0.1) is 13.8 Å². The molecule has 0 bridgehead atoms. The minimum atomic E-state index is -0.833. The van der Waals surface area contributed by atoms with E-state index in [0.717, 1.165) is 29.4 Å². The lowest BCUT2D eigenvalue weighted by Crippen LogP contribution is -1.94. The van der Waals surface area contributed by atoms with E-state index in [1.807, 2.05) is 26.0 Å². The van der Waals surface area contributed by atoms with Crippen LogP contribution in [0.4, 0.5) is 0 Å². The second-order valence-electron chi connectivity index (χ2n) is 3.42. The second kappa shape index (κ2) is 6.85. The van der Waals surface area contributed by atoms with Crippen LogP contribution >= 0.6 is 0 Å². The first-order chi connectivity index (χ1) is 7.42. The molecule has 16 heavy (non-hydrogen) atoms. The molecular weight excluding hydrogens is 208 g/mol. The summed E-state index contributed by atoms with van der Waals surface area (Å²) in [5.41, 5.74) is 3.15. The lowest BCUT2D eigenvalue weighted by atomic mass is 10.0. The summed E-state index contributed by atoms with van der Waals surface area (Å²) >= 11 is 0. The van der Waals surface area contributed by atoms with Crippen molar-refractivity contribution < 1.29 is 19.7 Å². The maximum Gasteiger partial charge on any atom is 0.300 e. The molecule has 90 valence electrons. The molecule has 0 saturated heterocycles. The summed E-state index contributed by atoms with van der Waals surface area (Å²) in [7, 11) is 1.65. The van der Waals surface area contributed by atoms with Gasteiger partial charge in [-0.15, -0.1) is 0 Å². The Morgan fingerprint density at radius 2 is 1.69 bits per heavy atom. The molecule has 0 aromatic heterocycles. The number of methoxy groups -OCH3 is 1. The molecule has 0 radical (unpaired) electrons. The van der Waals surface area contributed by atoms with E-state index in [1.54, 1.807) is 7.11 Å². The van der Waals surface area contributed by atoms with Gasteiger partial charge in [0.05, 0.1) is 13.7 Å². The minimum Gasteiger partial charge on any atom is -0.497 e. The predicted molar refractivity (Wildman–Crippen MR) is 61.7 cm³/mol. The molecule has 0 atom stereocenters. The van der Waals surface area contributed by atoms with Gasteiger partial charge in [-0.2, -0.15) is 0 Å². The van der Waals surface area contributed by atoms with Gasteiger partial charge in [-0.25, -0.2) is 0 Å². The molecule has 4 nitrogen and oxygen atoms in total. The molecule has 0 aliphatic carbocycles. The number of aliphatic carboxylic acids is 1. The van der Waals surface area contributed by atoms with E-state index in [1.165, 1.54) is 0 Å². The van der Waals surface area contributed by atoms with Crippen molar-refractivity contribution in [3.8, 4) is 5.75 Å². The average molecular weight is 226 g/mol. The molecule has 0 aliphatic rings. The van der Waals surface area contributed by atoms with Gasteiger partial charge in [-0.1, -0.05) is 0 Å². The van der Waals surface area contributed by atoms with Crippen LogP contribution in [0.15, 0.2) is 12.1 Å². The van der Waals surface area contributed by atoms with Crippen LogP contribution in [0.3, 0.4) is 0 Å². The molecule has 0 aliphatic heterocycles. The zero-order chi connectivity index (χ0) is 12.7. The first kappa shape index (κ1) is 14.5. The standard InChI is InChI=1S/C10H14O2.C2H4O2/c1-7-4-9(12-3)5-8(2)10(7)6-11;1-2(3)4/h4-5,11H,6H2,1-3H3;1H3,(H,3,4). The number of carboxylic acids is 1. The molecule has 0 fully saturated rings. The molecule has 2 N–H and O–H groups in total. The van der Waals surface area contributed by atoms with Crippen molar-refractivity contribution >= 4 is 5.97 Å². The summed E-state index contributed by atoms with van der Waals surface area (Å²) in [6, 6.07) is 3.86. The number of carbonyl (C=O) groups is 1. The average Bonchev–Trinajstić information content (AvgIpc) is 2.16.